The zero-order valence-electron chi connectivity index (χ0n) is 11.6. The van der Waals surface area contributed by atoms with Crippen LogP contribution in [0.1, 0.15) is 43.3 Å². The molecule has 1 amide bonds. The van der Waals surface area contributed by atoms with Gasteiger partial charge < -0.3 is 9.64 Å². The van der Waals surface area contributed by atoms with Crippen molar-refractivity contribution in [2.24, 2.45) is 5.92 Å². The van der Waals surface area contributed by atoms with E-state index in [4.69, 9.17) is 4.74 Å². The van der Waals surface area contributed by atoms with Gasteiger partial charge in [0, 0.05) is 31.8 Å². The highest BCUT2D eigenvalue weighted by Gasteiger charge is 2.34. The molecular formula is C14H20N4O2. The highest BCUT2D eigenvalue weighted by atomic mass is 16.5. The number of likely N-dealkylation sites (tertiary alicyclic amines) is 1. The molecule has 2 aliphatic heterocycles. The van der Waals surface area contributed by atoms with Crippen molar-refractivity contribution in [2.75, 3.05) is 26.3 Å². The van der Waals surface area contributed by atoms with Crippen molar-refractivity contribution in [3.63, 3.8) is 0 Å². The number of aromatic nitrogens is 3. The zero-order valence-corrected chi connectivity index (χ0v) is 11.6. The Labute approximate surface area is 118 Å². The maximum atomic E-state index is 12.3. The maximum absolute atomic E-state index is 12.3. The third-order valence-electron chi connectivity index (χ3n) is 4.65. The Bertz CT molecular complexity index is 505. The van der Waals surface area contributed by atoms with E-state index in [0.717, 1.165) is 38.2 Å². The average Bonchev–Trinajstić information content (AvgIpc) is 2.98. The quantitative estimate of drug-likeness (QED) is 0.825. The molecule has 1 aromatic rings. The van der Waals surface area contributed by atoms with Gasteiger partial charge in [-0.15, -0.1) is 5.10 Å². The van der Waals surface area contributed by atoms with Gasteiger partial charge in [-0.2, -0.15) is 0 Å². The molecule has 0 bridgehead atoms. The normalized spacial score (nSPS) is 30.1. The summed E-state index contributed by atoms with van der Waals surface area (Å²) in [5.74, 6) is 0.970. The Morgan fingerprint density at radius 1 is 1.30 bits per heavy atom. The molecule has 0 N–H and O–H groups in total. The number of nitrogens with zero attached hydrogens (tertiary/aromatic N) is 4. The molecule has 0 unspecified atom stereocenters. The number of amides is 1. The van der Waals surface area contributed by atoms with E-state index in [0.29, 0.717) is 18.6 Å². The fraction of sp³-hybridized carbons (Fsp3) is 0.786. The molecule has 3 aliphatic rings. The molecule has 20 heavy (non-hydrogen) atoms. The van der Waals surface area contributed by atoms with Crippen molar-refractivity contribution >= 4 is 5.91 Å². The number of hydrogen-bond acceptors (Lipinski definition) is 4. The molecule has 3 fully saturated rings. The summed E-state index contributed by atoms with van der Waals surface area (Å²) < 4.78 is 7.28. The molecule has 3 heterocycles. The average molecular weight is 276 g/mol. The molecule has 2 atom stereocenters. The summed E-state index contributed by atoms with van der Waals surface area (Å²) in [7, 11) is 0. The SMILES string of the molecule is O=C([C@H]1CCOC1)N1CC[C@@H](n2cc(C3CC3)nn2)C1. The smallest absolute Gasteiger partial charge is 0.228 e. The van der Waals surface area contributed by atoms with Gasteiger partial charge in [-0.1, -0.05) is 5.21 Å². The van der Waals surface area contributed by atoms with Gasteiger partial charge >= 0.3 is 0 Å². The van der Waals surface area contributed by atoms with E-state index in [2.05, 4.69) is 16.5 Å². The first-order chi connectivity index (χ1) is 9.81. The van der Waals surface area contributed by atoms with Crippen LogP contribution in [0.5, 0.6) is 0 Å². The Morgan fingerprint density at radius 3 is 2.95 bits per heavy atom. The van der Waals surface area contributed by atoms with Gasteiger partial charge in [0.25, 0.3) is 0 Å². The lowest BCUT2D eigenvalue weighted by molar-refractivity contribution is -0.134. The third kappa shape index (κ3) is 2.22. The Balaban J connectivity index is 1.40. The lowest BCUT2D eigenvalue weighted by Crippen LogP contribution is -2.35. The number of carbonyl (C=O) groups is 1. The molecule has 1 aromatic heterocycles. The summed E-state index contributed by atoms with van der Waals surface area (Å²) in [6, 6.07) is 0.293. The zero-order chi connectivity index (χ0) is 13.5. The van der Waals surface area contributed by atoms with E-state index in [9.17, 15) is 4.79 Å². The molecule has 6 nitrogen and oxygen atoms in total. The van der Waals surface area contributed by atoms with E-state index in [1.807, 2.05) is 9.58 Å². The first-order valence-corrected chi connectivity index (χ1v) is 7.59. The molecular weight excluding hydrogens is 256 g/mol. The van der Waals surface area contributed by atoms with Gasteiger partial charge in [0.1, 0.15) is 0 Å². The highest BCUT2D eigenvalue weighted by molar-refractivity contribution is 5.79. The summed E-state index contributed by atoms with van der Waals surface area (Å²) in [6.45, 7) is 2.91. The van der Waals surface area contributed by atoms with Gasteiger partial charge in [-0.05, 0) is 25.7 Å². The van der Waals surface area contributed by atoms with Crippen LogP contribution in [0, 0.1) is 5.92 Å². The Morgan fingerprint density at radius 2 is 2.20 bits per heavy atom. The second-order valence-corrected chi connectivity index (χ2v) is 6.18. The molecule has 2 saturated heterocycles. The van der Waals surface area contributed by atoms with Crippen LogP contribution in [-0.2, 0) is 9.53 Å². The second-order valence-electron chi connectivity index (χ2n) is 6.18. The van der Waals surface area contributed by atoms with Crippen molar-refractivity contribution in [2.45, 2.75) is 37.6 Å². The van der Waals surface area contributed by atoms with Gasteiger partial charge in [0.15, 0.2) is 0 Å². The first kappa shape index (κ1) is 12.3. The van der Waals surface area contributed by atoms with Gasteiger partial charge in [-0.3, -0.25) is 4.79 Å². The van der Waals surface area contributed by atoms with E-state index >= 15 is 0 Å². The third-order valence-corrected chi connectivity index (χ3v) is 4.65. The number of hydrogen-bond donors (Lipinski definition) is 0. The maximum Gasteiger partial charge on any atom is 0.228 e. The van der Waals surface area contributed by atoms with Crippen molar-refractivity contribution in [3.8, 4) is 0 Å². The summed E-state index contributed by atoms with van der Waals surface area (Å²) in [5.41, 5.74) is 1.12. The lowest BCUT2D eigenvalue weighted by Gasteiger charge is -2.19. The number of rotatable bonds is 3. The minimum absolute atomic E-state index is 0.0755. The van der Waals surface area contributed by atoms with Crippen LogP contribution < -0.4 is 0 Å². The van der Waals surface area contributed by atoms with Crippen LogP contribution in [0.15, 0.2) is 6.20 Å². The predicted octanol–water partition coefficient (Wildman–Crippen LogP) is 0.965. The van der Waals surface area contributed by atoms with Crippen LogP contribution in [-0.4, -0.2) is 52.1 Å². The van der Waals surface area contributed by atoms with Crippen LogP contribution in [0.4, 0.5) is 0 Å². The number of carbonyl (C=O) groups excluding carboxylic acids is 1. The molecule has 108 valence electrons. The molecule has 0 spiro atoms. The van der Waals surface area contributed by atoms with E-state index < -0.39 is 0 Å². The highest BCUT2D eigenvalue weighted by Crippen LogP contribution is 2.39. The molecule has 1 aliphatic carbocycles. The van der Waals surface area contributed by atoms with Crippen molar-refractivity contribution in [3.05, 3.63) is 11.9 Å². The van der Waals surface area contributed by atoms with Crippen LogP contribution in [0.3, 0.4) is 0 Å². The summed E-state index contributed by atoms with van der Waals surface area (Å²) >= 11 is 0. The van der Waals surface area contributed by atoms with Gasteiger partial charge in [0.2, 0.25) is 5.91 Å². The van der Waals surface area contributed by atoms with Crippen molar-refractivity contribution in [1.82, 2.24) is 19.9 Å². The van der Waals surface area contributed by atoms with Crippen LogP contribution in [0.25, 0.3) is 0 Å². The molecule has 1 saturated carbocycles. The van der Waals surface area contributed by atoms with Gasteiger partial charge in [0.05, 0.1) is 24.3 Å². The first-order valence-electron chi connectivity index (χ1n) is 7.59. The Kier molecular flexibility index (Phi) is 2.98. The fourth-order valence-corrected chi connectivity index (χ4v) is 3.18. The standard InChI is InChI=1S/C14H20N4O2/c19-14(11-4-6-20-9-11)17-5-3-12(7-17)18-8-13(15-16-18)10-1-2-10/h8,10-12H,1-7,9H2/t11-,12+/m0/s1. The summed E-state index contributed by atoms with van der Waals surface area (Å²) in [4.78, 5) is 14.3. The largest absolute Gasteiger partial charge is 0.381 e. The van der Waals surface area contributed by atoms with Crippen molar-refractivity contribution in [1.29, 1.82) is 0 Å². The van der Waals surface area contributed by atoms with E-state index in [1.54, 1.807) is 0 Å². The van der Waals surface area contributed by atoms with Crippen molar-refractivity contribution < 1.29 is 9.53 Å². The molecule has 0 aromatic carbocycles. The molecule has 6 heteroatoms. The monoisotopic (exact) mass is 276 g/mol. The van der Waals surface area contributed by atoms with E-state index in [-0.39, 0.29) is 11.8 Å². The minimum Gasteiger partial charge on any atom is -0.381 e. The van der Waals surface area contributed by atoms with Crippen LogP contribution in [0.2, 0.25) is 0 Å². The topological polar surface area (TPSA) is 60.2 Å². The molecule has 0 radical (unpaired) electrons. The molecule has 4 rings (SSSR count). The predicted molar refractivity (Wildman–Crippen MR) is 71.2 cm³/mol. The minimum atomic E-state index is 0.0755. The summed E-state index contributed by atoms with van der Waals surface area (Å²) in [6.07, 6.45) is 6.42. The lowest BCUT2D eigenvalue weighted by atomic mass is 10.1. The van der Waals surface area contributed by atoms with Gasteiger partial charge in [-0.25, -0.2) is 4.68 Å². The van der Waals surface area contributed by atoms with Crippen LogP contribution >= 0.6 is 0 Å². The van der Waals surface area contributed by atoms with E-state index in [1.165, 1.54) is 12.8 Å². The number of ether oxygens (including phenoxy) is 1. The second kappa shape index (κ2) is 4.84. The Hall–Kier alpha value is -1.43. The summed E-state index contributed by atoms with van der Waals surface area (Å²) in [5, 5.41) is 8.51. The fourth-order valence-electron chi connectivity index (χ4n) is 3.18.